The molecule has 33 heavy (non-hydrogen) atoms. The molecular formula is C21H23ClN6O4S. The number of nitrogens with one attached hydrogen (secondary N) is 1. The topological polar surface area (TPSA) is 112 Å². The number of carbonyl (C=O) groups is 2. The molecule has 0 spiro atoms. The molecule has 12 heteroatoms. The van der Waals surface area contributed by atoms with Crippen LogP contribution in [0, 0.1) is 6.92 Å². The van der Waals surface area contributed by atoms with Gasteiger partial charge in [0.25, 0.3) is 0 Å². The van der Waals surface area contributed by atoms with Crippen molar-refractivity contribution in [2.45, 2.75) is 24.9 Å². The first-order valence-electron chi connectivity index (χ1n) is 10.6. The summed E-state index contributed by atoms with van der Waals surface area (Å²) in [5.74, 6) is 0.167. The Morgan fingerprint density at radius 2 is 1.94 bits per heavy atom. The third kappa shape index (κ3) is 4.00. The SMILES string of the molecule is Cc1ncc2n1C(=O)N(N1CCN(C(=O)CCS(=O)(=O)c3cc4cc(Cl)ccc4[nH]3)CC1)C2. The van der Waals surface area contributed by atoms with Crippen molar-refractivity contribution in [1.29, 1.82) is 0 Å². The zero-order chi connectivity index (χ0) is 23.3. The molecule has 174 valence electrons. The number of imidazole rings is 1. The Morgan fingerprint density at radius 3 is 2.67 bits per heavy atom. The quantitative estimate of drug-likeness (QED) is 0.585. The summed E-state index contributed by atoms with van der Waals surface area (Å²) in [5, 5.41) is 4.93. The highest BCUT2D eigenvalue weighted by atomic mass is 35.5. The summed E-state index contributed by atoms with van der Waals surface area (Å²) >= 11 is 5.97. The Hall–Kier alpha value is -2.89. The van der Waals surface area contributed by atoms with Crippen LogP contribution in [0.4, 0.5) is 4.79 Å². The molecule has 2 amide bonds. The van der Waals surface area contributed by atoms with Crippen LogP contribution in [0.2, 0.25) is 5.02 Å². The van der Waals surface area contributed by atoms with E-state index in [4.69, 9.17) is 11.6 Å². The molecule has 4 heterocycles. The van der Waals surface area contributed by atoms with Gasteiger partial charge in [0.15, 0.2) is 9.84 Å². The maximum Gasteiger partial charge on any atom is 0.344 e. The summed E-state index contributed by atoms with van der Waals surface area (Å²) in [6.45, 7) is 4.12. The van der Waals surface area contributed by atoms with E-state index in [1.165, 1.54) is 0 Å². The van der Waals surface area contributed by atoms with Crippen LogP contribution in [0.15, 0.2) is 35.5 Å². The van der Waals surface area contributed by atoms with Crippen molar-refractivity contribution < 1.29 is 18.0 Å². The first kappa shape index (κ1) is 21.9. The Bertz CT molecular complexity index is 1360. The minimum atomic E-state index is -3.65. The standard InChI is InChI=1S/C21H23ClN6O4S/c1-14-23-12-17-13-27(21(30)28(14)17)26-7-5-25(6-8-26)20(29)4-9-33(31,32)19-11-15-10-16(22)2-3-18(15)24-19/h2-3,10-12,24H,4-9,13H2,1H3. The van der Waals surface area contributed by atoms with Crippen LogP contribution in [0.1, 0.15) is 17.9 Å². The average molecular weight is 491 g/mol. The summed E-state index contributed by atoms with van der Waals surface area (Å²) < 4.78 is 27.1. The van der Waals surface area contributed by atoms with E-state index in [0.29, 0.717) is 54.5 Å². The van der Waals surface area contributed by atoms with Crippen LogP contribution in [0.5, 0.6) is 0 Å². The fourth-order valence-corrected chi connectivity index (χ4v) is 5.76. The second kappa shape index (κ2) is 8.15. The van der Waals surface area contributed by atoms with E-state index in [9.17, 15) is 18.0 Å². The number of hydrogen-bond acceptors (Lipinski definition) is 6. The molecular weight excluding hydrogens is 468 g/mol. The molecule has 1 N–H and O–H groups in total. The second-order valence-corrected chi connectivity index (χ2v) is 10.8. The molecule has 10 nitrogen and oxygen atoms in total. The molecule has 1 aromatic carbocycles. The van der Waals surface area contributed by atoms with Gasteiger partial charge in [0.2, 0.25) is 5.91 Å². The molecule has 0 aliphatic carbocycles. The van der Waals surface area contributed by atoms with E-state index < -0.39 is 9.84 Å². The zero-order valence-corrected chi connectivity index (χ0v) is 19.6. The van der Waals surface area contributed by atoms with Crippen molar-refractivity contribution >= 4 is 44.3 Å². The smallest absolute Gasteiger partial charge is 0.344 e. The number of sulfone groups is 1. The first-order chi connectivity index (χ1) is 15.7. The van der Waals surface area contributed by atoms with Crippen LogP contribution in [-0.2, 0) is 21.2 Å². The van der Waals surface area contributed by atoms with Crippen molar-refractivity contribution in [3.8, 4) is 0 Å². The van der Waals surface area contributed by atoms with Gasteiger partial charge in [-0.05, 0) is 31.2 Å². The molecule has 2 aromatic heterocycles. The largest absolute Gasteiger partial charge is 0.346 e. The molecule has 3 aromatic rings. The highest BCUT2D eigenvalue weighted by Crippen LogP contribution is 2.24. The summed E-state index contributed by atoms with van der Waals surface area (Å²) in [5.41, 5.74) is 1.52. The van der Waals surface area contributed by atoms with Crippen molar-refractivity contribution in [3.05, 3.63) is 47.0 Å². The van der Waals surface area contributed by atoms with Gasteiger partial charge >= 0.3 is 6.03 Å². The monoisotopic (exact) mass is 490 g/mol. The predicted octanol–water partition coefficient (Wildman–Crippen LogP) is 2.03. The molecule has 0 unspecified atom stereocenters. The fraction of sp³-hybridized carbons (Fsp3) is 0.381. The molecule has 2 aliphatic heterocycles. The minimum absolute atomic E-state index is 0.0821. The summed E-state index contributed by atoms with van der Waals surface area (Å²) in [6.07, 6.45) is 1.60. The van der Waals surface area contributed by atoms with Gasteiger partial charge in [-0.3, -0.25) is 9.80 Å². The minimum Gasteiger partial charge on any atom is -0.346 e. The maximum absolute atomic E-state index is 12.8. The molecule has 0 bridgehead atoms. The molecule has 5 rings (SSSR count). The van der Waals surface area contributed by atoms with E-state index in [-0.39, 0.29) is 29.1 Å². The van der Waals surface area contributed by atoms with Crippen LogP contribution in [0.25, 0.3) is 10.9 Å². The number of piperazine rings is 1. The maximum atomic E-state index is 12.8. The van der Waals surface area contributed by atoms with E-state index in [1.807, 2.05) is 5.01 Å². The lowest BCUT2D eigenvalue weighted by atomic mass is 10.2. The third-order valence-electron chi connectivity index (χ3n) is 6.16. The second-order valence-electron chi connectivity index (χ2n) is 8.24. The van der Waals surface area contributed by atoms with Crippen LogP contribution in [-0.4, -0.2) is 81.7 Å². The lowest BCUT2D eigenvalue weighted by molar-refractivity contribution is -0.134. The fourth-order valence-electron chi connectivity index (χ4n) is 4.34. The van der Waals surface area contributed by atoms with E-state index in [0.717, 1.165) is 5.69 Å². The van der Waals surface area contributed by atoms with Gasteiger partial charge in [0, 0.05) is 48.5 Å². The molecule has 0 atom stereocenters. The van der Waals surface area contributed by atoms with Crippen molar-refractivity contribution in [2.24, 2.45) is 0 Å². The highest BCUT2D eigenvalue weighted by molar-refractivity contribution is 7.91. The van der Waals surface area contributed by atoms with Crippen LogP contribution < -0.4 is 0 Å². The van der Waals surface area contributed by atoms with Crippen molar-refractivity contribution in [3.63, 3.8) is 0 Å². The molecule has 0 radical (unpaired) electrons. The number of halogens is 1. The van der Waals surface area contributed by atoms with Crippen LogP contribution >= 0.6 is 11.6 Å². The number of nitrogens with zero attached hydrogens (tertiary/aromatic N) is 5. The van der Waals surface area contributed by atoms with Crippen molar-refractivity contribution in [2.75, 3.05) is 31.9 Å². The molecule has 2 aliphatic rings. The Labute approximate surface area is 195 Å². The number of aromatic amines is 1. The van der Waals surface area contributed by atoms with Gasteiger partial charge in [0.1, 0.15) is 10.9 Å². The van der Waals surface area contributed by atoms with Gasteiger partial charge in [0.05, 0.1) is 24.2 Å². The van der Waals surface area contributed by atoms with E-state index in [1.54, 1.807) is 51.9 Å². The number of H-pyrrole nitrogens is 1. The number of aromatic nitrogens is 3. The summed E-state index contributed by atoms with van der Waals surface area (Å²) in [7, 11) is -3.65. The van der Waals surface area contributed by atoms with Gasteiger partial charge < -0.3 is 9.88 Å². The van der Waals surface area contributed by atoms with Gasteiger partial charge in [-0.15, -0.1) is 0 Å². The van der Waals surface area contributed by atoms with Gasteiger partial charge in [-0.25, -0.2) is 27.8 Å². The Kier molecular flexibility index (Phi) is 5.42. The lowest BCUT2D eigenvalue weighted by Gasteiger charge is -2.38. The zero-order valence-electron chi connectivity index (χ0n) is 18.0. The number of benzene rings is 1. The average Bonchev–Trinajstić information content (AvgIpc) is 3.47. The Morgan fingerprint density at radius 1 is 1.18 bits per heavy atom. The number of aryl methyl sites for hydroxylation is 1. The normalized spacial score (nSPS) is 17.2. The number of rotatable bonds is 5. The first-order valence-corrected chi connectivity index (χ1v) is 12.6. The number of hydrazine groups is 1. The highest BCUT2D eigenvalue weighted by Gasteiger charge is 2.35. The molecule has 1 saturated heterocycles. The van der Waals surface area contributed by atoms with Crippen molar-refractivity contribution in [1.82, 2.24) is 29.5 Å². The van der Waals surface area contributed by atoms with Crippen LogP contribution in [0.3, 0.4) is 0 Å². The number of carbonyl (C=O) groups excluding carboxylic acids is 2. The number of fused-ring (bicyclic) bond motifs is 2. The summed E-state index contributed by atoms with van der Waals surface area (Å²) in [4.78, 5) is 34.1. The lowest BCUT2D eigenvalue weighted by Crippen LogP contribution is -2.55. The third-order valence-corrected chi connectivity index (χ3v) is 8.03. The van der Waals surface area contributed by atoms with E-state index >= 15 is 0 Å². The van der Waals surface area contributed by atoms with E-state index in [2.05, 4.69) is 9.97 Å². The predicted molar refractivity (Wildman–Crippen MR) is 121 cm³/mol. The number of amides is 2. The van der Waals surface area contributed by atoms with Gasteiger partial charge in [-0.2, -0.15) is 0 Å². The Balaban J connectivity index is 1.16. The molecule has 0 saturated carbocycles. The number of hydrogen-bond donors (Lipinski definition) is 1. The summed E-state index contributed by atoms with van der Waals surface area (Å²) in [6, 6.07) is 6.51. The van der Waals surface area contributed by atoms with Gasteiger partial charge in [-0.1, -0.05) is 11.6 Å². The molecule has 1 fully saturated rings.